The second-order valence-corrected chi connectivity index (χ2v) is 7.67. The number of methoxy groups -OCH3 is 1. The molecule has 0 spiro atoms. The number of aromatic nitrogens is 6. The lowest BCUT2D eigenvalue weighted by molar-refractivity contribution is 0.132. The second kappa shape index (κ2) is 8.84. The normalized spacial score (nSPS) is 12.2. The molecule has 3 aromatic heterocycles. The zero-order valence-corrected chi connectivity index (χ0v) is 18.7. The van der Waals surface area contributed by atoms with Gasteiger partial charge >= 0.3 is 0 Å². The molecule has 0 saturated carbocycles. The summed E-state index contributed by atoms with van der Waals surface area (Å²) >= 11 is 0. The number of ether oxygens (including phenoxy) is 2. The second-order valence-electron chi connectivity index (χ2n) is 7.67. The van der Waals surface area contributed by atoms with Crippen molar-refractivity contribution in [3.63, 3.8) is 0 Å². The van der Waals surface area contributed by atoms with Crippen LogP contribution in [0.4, 0.5) is 0 Å². The van der Waals surface area contributed by atoms with E-state index in [1.165, 1.54) is 0 Å². The largest absolute Gasteiger partial charge is 0.477 e. The summed E-state index contributed by atoms with van der Waals surface area (Å²) in [7, 11) is 1.72. The van der Waals surface area contributed by atoms with Crippen molar-refractivity contribution in [2.45, 2.75) is 20.0 Å². The number of fused-ring (bicyclic) bond motifs is 1. The monoisotopic (exact) mass is 440 g/mol. The smallest absolute Gasteiger partial charge is 0.232 e. The van der Waals surface area contributed by atoms with Crippen molar-refractivity contribution in [3.8, 4) is 28.4 Å². The number of tetrazole rings is 1. The van der Waals surface area contributed by atoms with Gasteiger partial charge in [0.05, 0.1) is 18.5 Å². The Kier molecular flexibility index (Phi) is 5.58. The van der Waals surface area contributed by atoms with Crippen LogP contribution in [-0.4, -0.2) is 43.7 Å². The number of nitrogens with one attached hydrogen (secondary N) is 1. The van der Waals surface area contributed by atoms with Crippen molar-refractivity contribution in [1.29, 1.82) is 0 Å². The van der Waals surface area contributed by atoms with Crippen LogP contribution in [0.5, 0.6) is 5.88 Å². The molecule has 5 aromatic rings. The van der Waals surface area contributed by atoms with Crippen molar-refractivity contribution >= 4 is 5.65 Å². The van der Waals surface area contributed by atoms with Crippen LogP contribution in [0.3, 0.4) is 0 Å². The molecule has 0 amide bonds. The van der Waals surface area contributed by atoms with Crippen molar-refractivity contribution in [2.24, 2.45) is 0 Å². The Hall–Kier alpha value is -4.04. The molecule has 0 aliphatic rings. The standard InChI is InChI=1S/C25H24N6O2/c1-4-33-22-15-31-21(14-9-16(2)25(31)26-22)23(32-3)18-12-10-17(11-13-18)19-7-5-6-8-20(19)24-27-29-30-28-24/h5-15,23H,4H2,1-3H3,(H,27,28,29,30). The maximum Gasteiger partial charge on any atom is 0.232 e. The lowest BCUT2D eigenvalue weighted by Gasteiger charge is -2.19. The van der Waals surface area contributed by atoms with Gasteiger partial charge in [0.25, 0.3) is 0 Å². The van der Waals surface area contributed by atoms with Gasteiger partial charge in [-0.05, 0) is 47.4 Å². The highest BCUT2D eigenvalue weighted by Crippen LogP contribution is 2.33. The number of aryl methyl sites for hydroxylation is 1. The van der Waals surface area contributed by atoms with E-state index in [1.807, 2.05) is 42.6 Å². The van der Waals surface area contributed by atoms with Gasteiger partial charge in [0.2, 0.25) is 11.7 Å². The molecular formula is C25H24N6O2. The summed E-state index contributed by atoms with van der Waals surface area (Å²) in [6.45, 7) is 4.56. The third-order valence-corrected chi connectivity index (χ3v) is 5.65. The van der Waals surface area contributed by atoms with Gasteiger partial charge in [-0.1, -0.05) is 54.6 Å². The minimum absolute atomic E-state index is 0.265. The Bertz CT molecular complexity index is 1380. The average molecular weight is 441 g/mol. The maximum atomic E-state index is 5.95. The highest BCUT2D eigenvalue weighted by atomic mass is 16.5. The van der Waals surface area contributed by atoms with Crippen LogP contribution in [0.1, 0.15) is 29.8 Å². The molecule has 166 valence electrons. The maximum absolute atomic E-state index is 5.95. The minimum atomic E-state index is -0.265. The molecule has 0 aliphatic heterocycles. The summed E-state index contributed by atoms with van der Waals surface area (Å²) in [6.07, 6.45) is 1.65. The molecule has 1 N–H and O–H groups in total. The van der Waals surface area contributed by atoms with Crippen molar-refractivity contribution < 1.29 is 9.47 Å². The highest BCUT2D eigenvalue weighted by molar-refractivity contribution is 5.80. The molecule has 1 atom stereocenters. The summed E-state index contributed by atoms with van der Waals surface area (Å²) in [4.78, 5) is 4.63. The predicted molar refractivity (Wildman–Crippen MR) is 125 cm³/mol. The Morgan fingerprint density at radius 1 is 1.00 bits per heavy atom. The molecule has 0 fully saturated rings. The molecule has 8 nitrogen and oxygen atoms in total. The van der Waals surface area contributed by atoms with Crippen LogP contribution in [0.25, 0.3) is 28.2 Å². The van der Waals surface area contributed by atoms with Gasteiger partial charge < -0.3 is 9.47 Å². The van der Waals surface area contributed by atoms with Gasteiger partial charge in [-0.25, -0.2) is 0 Å². The van der Waals surface area contributed by atoms with Crippen LogP contribution in [0.15, 0.2) is 66.9 Å². The van der Waals surface area contributed by atoms with Crippen LogP contribution in [0, 0.1) is 6.92 Å². The Morgan fingerprint density at radius 3 is 2.48 bits per heavy atom. The molecule has 5 rings (SSSR count). The number of hydrogen-bond acceptors (Lipinski definition) is 6. The van der Waals surface area contributed by atoms with Gasteiger partial charge in [-0.15, -0.1) is 10.2 Å². The fourth-order valence-corrected chi connectivity index (χ4v) is 4.10. The molecule has 3 heterocycles. The fourth-order valence-electron chi connectivity index (χ4n) is 4.10. The summed E-state index contributed by atoms with van der Waals surface area (Å²) in [6, 6.07) is 20.5. The summed E-state index contributed by atoms with van der Waals surface area (Å²) in [5, 5.41) is 14.5. The number of imidazole rings is 1. The molecule has 0 saturated heterocycles. The average Bonchev–Trinajstić information content (AvgIpc) is 3.53. The summed E-state index contributed by atoms with van der Waals surface area (Å²) in [5.41, 5.74) is 6.98. The quantitative estimate of drug-likeness (QED) is 0.397. The molecule has 0 bridgehead atoms. The Balaban J connectivity index is 1.53. The van der Waals surface area contributed by atoms with E-state index in [-0.39, 0.29) is 6.10 Å². The van der Waals surface area contributed by atoms with Gasteiger partial charge in [-0.2, -0.15) is 10.2 Å². The Morgan fingerprint density at radius 2 is 1.79 bits per heavy atom. The van der Waals surface area contributed by atoms with Crippen LogP contribution in [-0.2, 0) is 4.74 Å². The predicted octanol–water partition coefficient (Wildman–Crippen LogP) is 4.62. The van der Waals surface area contributed by atoms with Gasteiger partial charge in [0.1, 0.15) is 11.8 Å². The van der Waals surface area contributed by atoms with Crippen molar-refractivity contribution in [3.05, 3.63) is 83.7 Å². The fraction of sp³-hybridized carbons (Fsp3) is 0.200. The number of pyridine rings is 1. The van der Waals surface area contributed by atoms with E-state index in [0.29, 0.717) is 18.3 Å². The highest BCUT2D eigenvalue weighted by Gasteiger charge is 2.19. The van der Waals surface area contributed by atoms with E-state index >= 15 is 0 Å². The van der Waals surface area contributed by atoms with Gasteiger partial charge in [0.15, 0.2) is 0 Å². The molecule has 8 heteroatoms. The minimum Gasteiger partial charge on any atom is -0.477 e. The molecular weight excluding hydrogens is 416 g/mol. The topological polar surface area (TPSA) is 90.2 Å². The van der Waals surface area contributed by atoms with E-state index in [4.69, 9.17) is 9.47 Å². The third kappa shape index (κ3) is 3.85. The number of hydrogen-bond donors (Lipinski definition) is 1. The molecule has 2 aromatic carbocycles. The molecule has 0 aliphatic carbocycles. The first-order valence-electron chi connectivity index (χ1n) is 10.8. The number of H-pyrrole nitrogens is 1. The van der Waals surface area contributed by atoms with Crippen LogP contribution < -0.4 is 4.74 Å². The molecule has 0 radical (unpaired) electrons. The van der Waals surface area contributed by atoms with Crippen molar-refractivity contribution in [1.82, 2.24) is 30.0 Å². The zero-order chi connectivity index (χ0) is 22.8. The van der Waals surface area contributed by atoms with Crippen LogP contribution >= 0.6 is 0 Å². The van der Waals surface area contributed by atoms with E-state index in [0.717, 1.165) is 39.2 Å². The van der Waals surface area contributed by atoms with Gasteiger partial charge in [-0.3, -0.25) is 4.40 Å². The molecule has 1 unspecified atom stereocenters. The first kappa shape index (κ1) is 20.8. The SMILES string of the molecule is CCOc1cn2c(C(OC)c3ccc(-c4ccccc4-c4nn[nH]n4)cc3)ccc(C)c2n1. The number of nitrogens with zero attached hydrogens (tertiary/aromatic N) is 5. The lowest BCUT2D eigenvalue weighted by Crippen LogP contribution is -2.09. The summed E-state index contributed by atoms with van der Waals surface area (Å²) < 4.78 is 13.6. The number of aromatic amines is 1. The number of rotatable bonds is 7. The number of benzene rings is 2. The Labute approximate surface area is 191 Å². The van der Waals surface area contributed by atoms with Gasteiger partial charge in [0, 0.05) is 12.7 Å². The van der Waals surface area contributed by atoms with E-state index in [2.05, 4.69) is 68.1 Å². The van der Waals surface area contributed by atoms with E-state index in [1.54, 1.807) is 7.11 Å². The first-order valence-corrected chi connectivity index (χ1v) is 10.8. The van der Waals surface area contributed by atoms with Crippen LogP contribution in [0.2, 0.25) is 0 Å². The van der Waals surface area contributed by atoms with E-state index in [9.17, 15) is 0 Å². The molecule has 33 heavy (non-hydrogen) atoms. The zero-order valence-electron chi connectivity index (χ0n) is 18.7. The third-order valence-electron chi connectivity index (χ3n) is 5.65. The van der Waals surface area contributed by atoms with E-state index < -0.39 is 0 Å². The first-order chi connectivity index (χ1) is 16.2. The lowest BCUT2D eigenvalue weighted by atomic mass is 9.96. The summed E-state index contributed by atoms with van der Waals surface area (Å²) in [5.74, 6) is 1.17. The van der Waals surface area contributed by atoms with Crippen molar-refractivity contribution in [2.75, 3.05) is 13.7 Å².